The molecule has 0 bridgehead atoms. The van der Waals surface area contributed by atoms with E-state index in [2.05, 4.69) is 32.9 Å². The minimum atomic E-state index is 0.310. The van der Waals surface area contributed by atoms with E-state index in [0.717, 1.165) is 48.3 Å². The largest absolute Gasteiger partial charge is 0.454 e. The Morgan fingerprint density at radius 2 is 2.22 bits per heavy atom. The lowest BCUT2D eigenvalue weighted by Gasteiger charge is -2.31. The Bertz CT molecular complexity index is 739. The molecule has 0 spiro atoms. The van der Waals surface area contributed by atoms with Crippen LogP contribution in [0.3, 0.4) is 0 Å². The summed E-state index contributed by atoms with van der Waals surface area (Å²) in [7, 11) is 0. The maximum absolute atomic E-state index is 5.51. The Morgan fingerprint density at radius 1 is 1.26 bits per heavy atom. The number of rotatable bonds is 2. The number of fused-ring (bicyclic) bond motifs is 2. The summed E-state index contributed by atoms with van der Waals surface area (Å²) in [6.07, 6.45) is 2.38. The molecule has 120 valence electrons. The summed E-state index contributed by atoms with van der Waals surface area (Å²) in [5.41, 5.74) is 4.81. The summed E-state index contributed by atoms with van der Waals surface area (Å²) in [5.74, 6) is 4.21. The third kappa shape index (κ3) is 2.32. The van der Waals surface area contributed by atoms with Crippen molar-refractivity contribution in [3.05, 3.63) is 29.5 Å². The standard InChI is InChI=1S/C17H19N3O2S/c1-2-15-16(22-10-21-15)7-11(1)17-13-8-20(12-4-6-23-9-12)5-3-14(13)18-19-17/h1-2,7,12H,3-6,8-10H2,(H,18,19). The summed E-state index contributed by atoms with van der Waals surface area (Å²) in [6, 6.07) is 6.83. The first-order valence-electron chi connectivity index (χ1n) is 8.16. The number of nitrogens with one attached hydrogen (secondary N) is 1. The summed E-state index contributed by atoms with van der Waals surface area (Å²) >= 11 is 2.08. The van der Waals surface area contributed by atoms with Crippen LogP contribution >= 0.6 is 11.8 Å². The number of hydrogen-bond donors (Lipinski definition) is 1. The quantitative estimate of drug-likeness (QED) is 0.918. The molecule has 4 heterocycles. The predicted molar refractivity (Wildman–Crippen MR) is 90.0 cm³/mol. The molecule has 0 radical (unpaired) electrons. The van der Waals surface area contributed by atoms with Crippen LogP contribution < -0.4 is 9.47 Å². The molecule has 1 fully saturated rings. The molecule has 5 nitrogen and oxygen atoms in total. The number of ether oxygens (including phenoxy) is 2. The van der Waals surface area contributed by atoms with E-state index >= 15 is 0 Å². The van der Waals surface area contributed by atoms with Gasteiger partial charge in [-0.1, -0.05) is 0 Å². The van der Waals surface area contributed by atoms with Crippen molar-refractivity contribution in [3.63, 3.8) is 0 Å². The molecular formula is C17H19N3O2S. The number of benzene rings is 1. The molecule has 2 aromatic rings. The molecule has 3 aliphatic rings. The van der Waals surface area contributed by atoms with Crippen molar-refractivity contribution >= 4 is 11.8 Å². The van der Waals surface area contributed by atoms with Crippen molar-refractivity contribution in [2.45, 2.75) is 25.4 Å². The fraction of sp³-hybridized carbons (Fsp3) is 0.471. The molecule has 5 rings (SSSR count). The fourth-order valence-electron chi connectivity index (χ4n) is 3.72. The van der Waals surface area contributed by atoms with Crippen LogP contribution in [-0.2, 0) is 13.0 Å². The lowest BCUT2D eigenvalue weighted by molar-refractivity contribution is 0.174. The molecule has 1 N–H and O–H groups in total. The highest BCUT2D eigenvalue weighted by Crippen LogP contribution is 2.38. The first-order valence-corrected chi connectivity index (χ1v) is 9.32. The van der Waals surface area contributed by atoms with E-state index in [1.54, 1.807) is 0 Å². The van der Waals surface area contributed by atoms with Crippen molar-refractivity contribution < 1.29 is 9.47 Å². The van der Waals surface area contributed by atoms with Crippen LogP contribution in [0.15, 0.2) is 18.2 Å². The van der Waals surface area contributed by atoms with E-state index in [0.29, 0.717) is 6.79 Å². The Labute approximate surface area is 139 Å². The van der Waals surface area contributed by atoms with Crippen LogP contribution in [0, 0.1) is 0 Å². The van der Waals surface area contributed by atoms with E-state index in [4.69, 9.17) is 9.47 Å². The van der Waals surface area contributed by atoms with Gasteiger partial charge in [-0.3, -0.25) is 10.00 Å². The van der Waals surface area contributed by atoms with Gasteiger partial charge in [-0.25, -0.2) is 0 Å². The van der Waals surface area contributed by atoms with Gasteiger partial charge in [-0.05, 0) is 30.4 Å². The Balaban J connectivity index is 1.48. The number of hydrogen-bond acceptors (Lipinski definition) is 5. The van der Waals surface area contributed by atoms with Crippen molar-refractivity contribution in [2.75, 3.05) is 24.8 Å². The van der Waals surface area contributed by atoms with Gasteiger partial charge in [0.2, 0.25) is 6.79 Å². The van der Waals surface area contributed by atoms with Gasteiger partial charge in [-0.2, -0.15) is 16.9 Å². The summed E-state index contributed by atoms with van der Waals surface area (Å²) in [5, 5.41) is 7.85. The van der Waals surface area contributed by atoms with Crippen LogP contribution in [0.5, 0.6) is 11.5 Å². The zero-order valence-corrected chi connectivity index (χ0v) is 13.7. The van der Waals surface area contributed by atoms with E-state index in [1.807, 2.05) is 12.1 Å². The minimum absolute atomic E-state index is 0.310. The number of aromatic amines is 1. The van der Waals surface area contributed by atoms with E-state index in [9.17, 15) is 0 Å². The molecule has 1 aromatic carbocycles. The van der Waals surface area contributed by atoms with Crippen LogP contribution in [-0.4, -0.2) is 46.0 Å². The zero-order chi connectivity index (χ0) is 15.2. The van der Waals surface area contributed by atoms with Gasteiger partial charge in [0.1, 0.15) is 0 Å². The molecule has 23 heavy (non-hydrogen) atoms. The van der Waals surface area contributed by atoms with E-state index < -0.39 is 0 Å². The fourth-order valence-corrected chi connectivity index (χ4v) is 4.98. The van der Waals surface area contributed by atoms with Crippen molar-refractivity contribution in [1.29, 1.82) is 0 Å². The van der Waals surface area contributed by atoms with Crippen LogP contribution in [0.1, 0.15) is 17.7 Å². The van der Waals surface area contributed by atoms with Gasteiger partial charge >= 0.3 is 0 Å². The number of nitrogens with zero attached hydrogens (tertiary/aromatic N) is 2. The monoisotopic (exact) mass is 329 g/mol. The van der Waals surface area contributed by atoms with Crippen LogP contribution in [0.25, 0.3) is 11.3 Å². The highest BCUT2D eigenvalue weighted by Gasteiger charge is 2.29. The summed E-state index contributed by atoms with van der Waals surface area (Å²) in [4.78, 5) is 2.63. The number of thioether (sulfide) groups is 1. The minimum Gasteiger partial charge on any atom is -0.454 e. The topological polar surface area (TPSA) is 50.4 Å². The van der Waals surface area contributed by atoms with Crippen LogP contribution in [0.4, 0.5) is 0 Å². The second-order valence-corrected chi connectivity index (χ2v) is 7.49. The van der Waals surface area contributed by atoms with Crippen molar-refractivity contribution in [2.24, 2.45) is 0 Å². The van der Waals surface area contributed by atoms with Gasteiger partial charge in [0.15, 0.2) is 11.5 Å². The lowest BCUT2D eigenvalue weighted by atomic mass is 9.99. The molecule has 1 saturated heterocycles. The molecule has 1 unspecified atom stereocenters. The highest BCUT2D eigenvalue weighted by atomic mass is 32.2. The first-order chi connectivity index (χ1) is 11.4. The molecule has 6 heteroatoms. The average Bonchev–Trinajstić information content (AvgIpc) is 3.32. The highest BCUT2D eigenvalue weighted by molar-refractivity contribution is 7.99. The normalized spacial score (nSPS) is 23.2. The molecule has 3 aliphatic heterocycles. The second kappa shape index (κ2) is 5.46. The Hall–Kier alpha value is -1.66. The van der Waals surface area contributed by atoms with Gasteiger partial charge in [0.25, 0.3) is 0 Å². The van der Waals surface area contributed by atoms with Gasteiger partial charge in [-0.15, -0.1) is 0 Å². The molecular weight excluding hydrogens is 310 g/mol. The zero-order valence-electron chi connectivity index (χ0n) is 12.9. The predicted octanol–water partition coefficient (Wildman–Crippen LogP) is 2.67. The molecule has 0 amide bonds. The SMILES string of the molecule is c1cc2c(cc1-c1n[nH]c3c1CN(C1CCSC1)CC3)OCO2. The third-order valence-corrected chi connectivity index (χ3v) is 6.18. The van der Waals surface area contributed by atoms with Crippen molar-refractivity contribution in [1.82, 2.24) is 15.1 Å². The Kier molecular flexibility index (Phi) is 3.26. The summed E-state index contributed by atoms with van der Waals surface area (Å²) in [6.45, 7) is 2.45. The van der Waals surface area contributed by atoms with E-state index in [-0.39, 0.29) is 0 Å². The number of H-pyrrole nitrogens is 1. The van der Waals surface area contributed by atoms with Crippen LogP contribution in [0.2, 0.25) is 0 Å². The molecule has 0 aliphatic carbocycles. The van der Waals surface area contributed by atoms with Crippen molar-refractivity contribution in [3.8, 4) is 22.8 Å². The average molecular weight is 329 g/mol. The smallest absolute Gasteiger partial charge is 0.231 e. The maximum atomic E-state index is 5.51. The third-order valence-electron chi connectivity index (χ3n) is 5.03. The lowest BCUT2D eigenvalue weighted by Crippen LogP contribution is -2.39. The molecule has 1 atom stereocenters. The maximum Gasteiger partial charge on any atom is 0.231 e. The summed E-state index contributed by atoms with van der Waals surface area (Å²) < 4.78 is 10.9. The Morgan fingerprint density at radius 3 is 3.13 bits per heavy atom. The molecule has 0 saturated carbocycles. The van der Waals surface area contributed by atoms with E-state index in [1.165, 1.54) is 29.2 Å². The van der Waals surface area contributed by atoms with Gasteiger partial charge in [0, 0.05) is 48.1 Å². The van der Waals surface area contributed by atoms with Gasteiger partial charge < -0.3 is 9.47 Å². The second-order valence-electron chi connectivity index (χ2n) is 6.34. The first kappa shape index (κ1) is 13.7. The van der Waals surface area contributed by atoms with Gasteiger partial charge in [0.05, 0.1) is 5.69 Å². The number of aromatic nitrogens is 2. The molecule has 1 aromatic heterocycles.